The van der Waals surface area contributed by atoms with Crippen LogP contribution in [0.4, 0.5) is 5.69 Å². The van der Waals surface area contributed by atoms with Crippen LogP contribution in [-0.4, -0.2) is 26.5 Å². The van der Waals surface area contributed by atoms with E-state index in [9.17, 15) is 13.2 Å². The molecular formula is C12H12N2O4S2. The number of phenols is 1. The minimum absolute atomic E-state index is 0.0224. The summed E-state index contributed by atoms with van der Waals surface area (Å²) in [5, 5.41) is 13.0. The fraction of sp³-hybridized carbons (Fsp3) is 0.0833. The standard InChI is InChI=1S/C12H12N2O4S2/c1-13-12(16)11-6-10(7-19-11)20(17,18)14-8-2-4-9(15)5-3-8/h2-7,14-15H,1H3,(H,13,16). The van der Waals surface area contributed by atoms with Crippen molar-refractivity contribution in [2.24, 2.45) is 0 Å². The second-order valence-corrected chi connectivity index (χ2v) is 6.47. The summed E-state index contributed by atoms with van der Waals surface area (Å²) in [6.45, 7) is 0. The molecule has 1 aromatic heterocycles. The van der Waals surface area contributed by atoms with Crippen LogP contribution in [0.2, 0.25) is 0 Å². The highest BCUT2D eigenvalue weighted by Gasteiger charge is 2.18. The first-order valence-electron chi connectivity index (χ1n) is 5.55. The van der Waals surface area contributed by atoms with E-state index in [4.69, 9.17) is 5.11 Å². The molecule has 0 fully saturated rings. The van der Waals surface area contributed by atoms with Crippen LogP contribution in [0.5, 0.6) is 5.75 Å². The van der Waals surface area contributed by atoms with E-state index in [-0.39, 0.29) is 16.6 Å². The van der Waals surface area contributed by atoms with Crippen molar-refractivity contribution in [3.63, 3.8) is 0 Å². The number of phenolic OH excluding ortho intramolecular Hbond substituents is 1. The van der Waals surface area contributed by atoms with E-state index in [0.29, 0.717) is 10.6 Å². The van der Waals surface area contributed by atoms with Crippen LogP contribution < -0.4 is 10.0 Å². The van der Waals surface area contributed by atoms with Crippen molar-refractivity contribution in [3.05, 3.63) is 40.6 Å². The van der Waals surface area contributed by atoms with E-state index in [1.807, 2.05) is 0 Å². The van der Waals surface area contributed by atoms with E-state index >= 15 is 0 Å². The lowest BCUT2D eigenvalue weighted by Crippen LogP contribution is -2.16. The molecule has 0 aliphatic rings. The Balaban J connectivity index is 2.24. The summed E-state index contributed by atoms with van der Waals surface area (Å²) in [5.41, 5.74) is 0.329. The second-order valence-electron chi connectivity index (χ2n) is 3.88. The molecule has 1 aromatic carbocycles. The Morgan fingerprint density at radius 2 is 1.90 bits per heavy atom. The van der Waals surface area contributed by atoms with Gasteiger partial charge in [0.1, 0.15) is 5.75 Å². The van der Waals surface area contributed by atoms with Gasteiger partial charge in [-0.3, -0.25) is 9.52 Å². The molecule has 3 N–H and O–H groups in total. The number of thiophene rings is 1. The normalized spacial score (nSPS) is 11.1. The Bertz CT molecular complexity index is 720. The third kappa shape index (κ3) is 3.09. The molecule has 6 nitrogen and oxygen atoms in total. The second kappa shape index (κ2) is 5.51. The molecular weight excluding hydrogens is 300 g/mol. The van der Waals surface area contributed by atoms with Gasteiger partial charge in [-0.2, -0.15) is 0 Å². The van der Waals surface area contributed by atoms with Gasteiger partial charge >= 0.3 is 0 Å². The molecule has 0 unspecified atom stereocenters. The molecule has 106 valence electrons. The van der Waals surface area contributed by atoms with Crippen LogP contribution >= 0.6 is 11.3 Å². The minimum Gasteiger partial charge on any atom is -0.508 e. The van der Waals surface area contributed by atoms with Gasteiger partial charge in [0.25, 0.3) is 15.9 Å². The fourth-order valence-electron chi connectivity index (χ4n) is 1.45. The number of anilines is 1. The molecule has 8 heteroatoms. The number of carbonyl (C=O) groups is 1. The van der Waals surface area contributed by atoms with E-state index in [0.717, 1.165) is 11.3 Å². The van der Waals surface area contributed by atoms with Crippen molar-refractivity contribution < 1.29 is 18.3 Å². The molecule has 1 heterocycles. The molecule has 0 saturated heterocycles. The number of rotatable bonds is 4. The van der Waals surface area contributed by atoms with Crippen LogP contribution in [0.25, 0.3) is 0 Å². The zero-order valence-electron chi connectivity index (χ0n) is 10.5. The average molecular weight is 312 g/mol. The Morgan fingerprint density at radius 1 is 1.25 bits per heavy atom. The number of amides is 1. The minimum atomic E-state index is -3.75. The first kappa shape index (κ1) is 14.4. The van der Waals surface area contributed by atoms with Gasteiger partial charge in [-0.15, -0.1) is 11.3 Å². The summed E-state index contributed by atoms with van der Waals surface area (Å²) in [5.74, 6) is -0.286. The summed E-state index contributed by atoms with van der Waals surface area (Å²) in [7, 11) is -2.27. The van der Waals surface area contributed by atoms with Crippen LogP contribution in [0, 0.1) is 0 Å². The number of sulfonamides is 1. The lowest BCUT2D eigenvalue weighted by Gasteiger charge is -2.06. The zero-order chi connectivity index (χ0) is 14.8. The molecule has 0 bridgehead atoms. The predicted octanol–water partition coefficient (Wildman–Crippen LogP) is 1.61. The van der Waals surface area contributed by atoms with Gasteiger partial charge < -0.3 is 10.4 Å². The predicted molar refractivity (Wildman–Crippen MR) is 76.6 cm³/mol. The molecule has 0 radical (unpaired) electrons. The maximum absolute atomic E-state index is 12.1. The van der Waals surface area contributed by atoms with Crippen molar-refractivity contribution >= 4 is 33.0 Å². The number of benzene rings is 1. The maximum Gasteiger partial charge on any atom is 0.262 e. The van der Waals surface area contributed by atoms with Crippen LogP contribution in [0.3, 0.4) is 0 Å². The summed E-state index contributed by atoms with van der Waals surface area (Å²) in [6, 6.07) is 6.95. The highest BCUT2D eigenvalue weighted by atomic mass is 32.2. The van der Waals surface area contributed by atoms with Crippen molar-refractivity contribution in [1.29, 1.82) is 0 Å². The molecule has 0 spiro atoms. The van der Waals surface area contributed by atoms with Gasteiger partial charge in [-0.1, -0.05) is 0 Å². The lowest BCUT2D eigenvalue weighted by molar-refractivity contribution is 0.0967. The van der Waals surface area contributed by atoms with Crippen LogP contribution in [0.1, 0.15) is 9.67 Å². The summed E-state index contributed by atoms with van der Waals surface area (Å²) < 4.78 is 26.6. The molecule has 0 atom stereocenters. The Kier molecular flexibility index (Phi) is 3.96. The van der Waals surface area contributed by atoms with Crippen LogP contribution in [-0.2, 0) is 10.0 Å². The van der Waals surface area contributed by atoms with Gasteiger partial charge in [0.05, 0.1) is 9.77 Å². The van der Waals surface area contributed by atoms with E-state index in [2.05, 4.69) is 10.0 Å². The Hall–Kier alpha value is -2.06. The Morgan fingerprint density at radius 3 is 2.50 bits per heavy atom. The SMILES string of the molecule is CNC(=O)c1cc(S(=O)(=O)Nc2ccc(O)cc2)cs1. The van der Waals surface area contributed by atoms with Crippen LogP contribution in [0.15, 0.2) is 40.6 Å². The number of aromatic hydroxyl groups is 1. The molecule has 1 amide bonds. The van der Waals surface area contributed by atoms with Gasteiger partial charge in [-0.25, -0.2) is 8.42 Å². The molecule has 20 heavy (non-hydrogen) atoms. The van der Waals surface area contributed by atoms with Gasteiger partial charge in [0, 0.05) is 18.1 Å². The summed E-state index contributed by atoms with van der Waals surface area (Å²) >= 11 is 1.05. The van der Waals surface area contributed by atoms with Gasteiger partial charge in [0.2, 0.25) is 0 Å². The average Bonchev–Trinajstić information content (AvgIpc) is 2.91. The summed E-state index contributed by atoms with van der Waals surface area (Å²) in [4.78, 5) is 11.7. The topological polar surface area (TPSA) is 95.5 Å². The Labute approximate surface area is 120 Å². The van der Waals surface area contributed by atoms with Crippen molar-refractivity contribution in [1.82, 2.24) is 5.32 Å². The van der Waals surface area contributed by atoms with Crippen molar-refractivity contribution in [2.75, 3.05) is 11.8 Å². The number of nitrogens with one attached hydrogen (secondary N) is 2. The fourth-order valence-corrected chi connectivity index (χ4v) is 3.72. The summed E-state index contributed by atoms with van der Waals surface area (Å²) in [6.07, 6.45) is 0. The molecule has 2 rings (SSSR count). The van der Waals surface area contributed by atoms with E-state index in [1.54, 1.807) is 0 Å². The lowest BCUT2D eigenvalue weighted by atomic mass is 10.3. The molecule has 0 saturated carbocycles. The van der Waals surface area contributed by atoms with E-state index < -0.39 is 10.0 Å². The molecule has 2 aromatic rings. The largest absolute Gasteiger partial charge is 0.508 e. The highest BCUT2D eigenvalue weighted by molar-refractivity contribution is 7.92. The quantitative estimate of drug-likeness (QED) is 0.747. The first-order valence-corrected chi connectivity index (χ1v) is 7.91. The maximum atomic E-state index is 12.1. The first-order chi connectivity index (χ1) is 9.42. The number of hydrogen-bond acceptors (Lipinski definition) is 5. The smallest absolute Gasteiger partial charge is 0.262 e. The molecule has 0 aliphatic heterocycles. The van der Waals surface area contributed by atoms with E-state index in [1.165, 1.54) is 42.8 Å². The zero-order valence-corrected chi connectivity index (χ0v) is 12.1. The van der Waals surface area contributed by atoms with Crippen molar-refractivity contribution in [2.45, 2.75) is 4.90 Å². The number of hydrogen-bond donors (Lipinski definition) is 3. The molecule has 0 aliphatic carbocycles. The highest BCUT2D eigenvalue weighted by Crippen LogP contribution is 2.22. The monoisotopic (exact) mass is 312 g/mol. The van der Waals surface area contributed by atoms with Gasteiger partial charge in [0.15, 0.2) is 0 Å². The third-order valence-electron chi connectivity index (χ3n) is 2.46. The third-order valence-corrected chi connectivity index (χ3v) is 4.89. The number of carbonyl (C=O) groups excluding carboxylic acids is 1. The van der Waals surface area contributed by atoms with Gasteiger partial charge in [-0.05, 0) is 30.3 Å². The van der Waals surface area contributed by atoms with Crippen molar-refractivity contribution in [3.8, 4) is 5.75 Å².